The Morgan fingerprint density at radius 3 is 2.47 bits per heavy atom. The van der Waals surface area contributed by atoms with Crippen LogP contribution in [-0.2, 0) is 33.9 Å². The third kappa shape index (κ3) is 7.20. The van der Waals surface area contributed by atoms with Crippen molar-refractivity contribution < 1.29 is 19.1 Å². The molecule has 7 heteroatoms. The quantitative estimate of drug-likeness (QED) is 0.422. The largest absolute Gasteiger partial charge is 0.486 e. The Hall–Kier alpha value is -3.19. The molecule has 2 aromatic carbocycles. The molecule has 6 nitrogen and oxygen atoms in total. The number of carbonyl (C=O) groups is 2. The Morgan fingerprint density at radius 1 is 1.06 bits per heavy atom. The van der Waals surface area contributed by atoms with E-state index in [1.807, 2.05) is 80.7 Å². The van der Waals surface area contributed by atoms with Gasteiger partial charge in [0, 0.05) is 18.0 Å². The Bertz CT molecular complexity index is 1020. The zero-order chi connectivity index (χ0) is 22.9. The molecule has 0 aliphatic heterocycles. The maximum absolute atomic E-state index is 12.6. The van der Waals surface area contributed by atoms with E-state index >= 15 is 0 Å². The van der Waals surface area contributed by atoms with Crippen LogP contribution in [0.5, 0.6) is 5.75 Å². The minimum atomic E-state index is -0.474. The lowest BCUT2D eigenvalue weighted by Gasteiger charge is -2.26. The number of benzene rings is 2. The van der Waals surface area contributed by atoms with E-state index in [1.165, 1.54) is 16.9 Å². The van der Waals surface area contributed by atoms with Crippen molar-refractivity contribution in [2.75, 3.05) is 6.61 Å². The van der Waals surface area contributed by atoms with Crippen LogP contribution in [0.3, 0.4) is 0 Å². The second-order valence-corrected chi connectivity index (χ2v) is 8.72. The molecule has 0 aliphatic carbocycles. The number of rotatable bonds is 10. The molecule has 3 aromatic rings. The summed E-state index contributed by atoms with van der Waals surface area (Å²) in [7, 11) is 0. The van der Waals surface area contributed by atoms with Crippen molar-refractivity contribution in [3.63, 3.8) is 0 Å². The highest BCUT2D eigenvalue weighted by molar-refractivity contribution is 7.09. The van der Waals surface area contributed by atoms with Crippen LogP contribution >= 0.6 is 11.3 Å². The lowest BCUT2D eigenvalue weighted by atomic mass is 10.2. The summed E-state index contributed by atoms with van der Waals surface area (Å²) in [6, 6.07) is 17.5. The molecule has 0 spiro atoms. The molecule has 1 aromatic heterocycles. The molecule has 0 unspecified atom stereocenters. The van der Waals surface area contributed by atoms with Crippen molar-refractivity contribution in [3.05, 3.63) is 81.8 Å². The Morgan fingerprint density at radius 2 is 1.78 bits per heavy atom. The van der Waals surface area contributed by atoms with Gasteiger partial charge in [-0.05, 0) is 38.5 Å². The van der Waals surface area contributed by atoms with Crippen LogP contribution in [0.1, 0.15) is 35.7 Å². The number of aromatic nitrogens is 1. The Balaban J connectivity index is 1.45. The standard InChI is InChI=1S/C25H28N2O4S/c1-18(2)27(14-20-7-5-4-6-8-20)24(28)16-31-25(29)13-21-17-32-23(26-21)15-30-22-11-9-19(3)10-12-22/h4-12,17-18H,13-16H2,1-3H3. The van der Waals surface area contributed by atoms with Crippen LogP contribution in [0.15, 0.2) is 60.0 Å². The molecule has 1 heterocycles. The van der Waals surface area contributed by atoms with Crippen molar-refractivity contribution in [2.45, 2.75) is 46.4 Å². The molecule has 0 N–H and O–H groups in total. The van der Waals surface area contributed by atoms with Crippen molar-refractivity contribution in [1.82, 2.24) is 9.88 Å². The van der Waals surface area contributed by atoms with Crippen molar-refractivity contribution in [2.24, 2.45) is 0 Å². The predicted octanol–water partition coefficient (Wildman–Crippen LogP) is 4.55. The first-order valence-electron chi connectivity index (χ1n) is 10.5. The fraction of sp³-hybridized carbons (Fsp3) is 0.320. The molecule has 32 heavy (non-hydrogen) atoms. The molecule has 1 amide bonds. The predicted molar refractivity (Wildman–Crippen MR) is 124 cm³/mol. The second kappa shape index (κ2) is 11.4. The summed E-state index contributed by atoms with van der Waals surface area (Å²) < 4.78 is 11.0. The van der Waals surface area contributed by atoms with Crippen LogP contribution in [0.2, 0.25) is 0 Å². The van der Waals surface area contributed by atoms with E-state index in [0.29, 0.717) is 18.8 Å². The second-order valence-electron chi connectivity index (χ2n) is 7.77. The van der Waals surface area contributed by atoms with Crippen LogP contribution < -0.4 is 4.74 Å². The van der Waals surface area contributed by atoms with Gasteiger partial charge in [0.2, 0.25) is 0 Å². The normalized spacial score (nSPS) is 10.8. The van der Waals surface area contributed by atoms with Gasteiger partial charge in [0.1, 0.15) is 17.4 Å². The third-order valence-electron chi connectivity index (χ3n) is 4.80. The van der Waals surface area contributed by atoms with Crippen LogP contribution in [0.25, 0.3) is 0 Å². The van der Waals surface area contributed by atoms with E-state index in [1.54, 1.807) is 4.90 Å². The molecule has 0 atom stereocenters. The van der Waals surface area contributed by atoms with E-state index in [-0.39, 0.29) is 25.0 Å². The Kier molecular flexibility index (Phi) is 8.39. The zero-order valence-electron chi connectivity index (χ0n) is 18.6. The first-order chi connectivity index (χ1) is 15.4. The molecule has 0 saturated carbocycles. The van der Waals surface area contributed by atoms with Crippen molar-refractivity contribution in [3.8, 4) is 5.75 Å². The number of ether oxygens (including phenoxy) is 2. The number of carbonyl (C=O) groups excluding carboxylic acids is 2. The summed E-state index contributed by atoms with van der Waals surface area (Å²) in [6.07, 6.45) is 0.0225. The third-order valence-corrected chi connectivity index (χ3v) is 5.68. The number of hydrogen-bond donors (Lipinski definition) is 0. The smallest absolute Gasteiger partial charge is 0.312 e. The fourth-order valence-corrected chi connectivity index (χ4v) is 3.74. The Labute approximate surface area is 192 Å². The number of thiazole rings is 1. The first kappa shape index (κ1) is 23.5. The topological polar surface area (TPSA) is 68.7 Å². The van der Waals surface area contributed by atoms with Crippen molar-refractivity contribution in [1.29, 1.82) is 0 Å². The van der Waals surface area contributed by atoms with Gasteiger partial charge in [0.15, 0.2) is 6.61 Å². The van der Waals surface area contributed by atoms with Crippen LogP contribution in [-0.4, -0.2) is 34.4 Å². The molecule has 0 aliphatic rings. The van der Waals surface area contributed by atoms with E-state index in [9.17, 15) is 9.59 Å². The number of nitrogens with zero attached hydrogens (tertiary/aromatic N) is 2. The van der Waals surface area contributed by atoms with E-state index in [2.05, 4.69) is 4.98 Å². The minimum absolute atomic E-state index is 0.00367. The number of amides is 1. The van der Waals surface area contributed by atoms with Crippen LogP contribution in [0, 0.1) is 6.92 Å². The molecule has 0 fully saturated rings. The maximum Gasteiger partial charge on any atom is 0.312 e. The van der Waals surface area contributed by atoms with Gasteiger partial charge < -0.3 is 14.4 Å². The summed E-state index contributed by atoms with van der Waals surface area (Å²) in [5, 5.41) is 2.59. The number of hydrogen-bond acceptors (Lipinski definition) is 6. The maximum atomic E-state index is 12.6. The molecular formula is C25H28N2O4S. The molecule has 0 saturated heterocycles. The highest BCUT2D eigenvalue weighted by Crippen LogP contribution is 2.17. The van der Waals surface area contributed by atoms with Gasteiger partial charge in [0.25, 0.3) is 5.91 Å². The number of esters is 1. The molecular weight excluding hydrogens is 424 g/mol. The molecule has 3 rings (SSSR count). The van der Waals surface area contributed by atoms with Gasteiger partial charge in [-0.2, -0.15) is 0 Å². The highest BCUT2D eigenvalue weighted by atomic mass is 32.1. The minimum Gasteiger partial charge on any atom is -0.486 e. The van der Waals surface area contributed by atoms with E-state index in [4.69, 9.17) is 9.47 Å². The summed E-state index contributed by atoms with van der Waals surface area (Å²) >= 11 is 1.43. The van der Waals surface area contributed by atoms with Gasteiger partial charge in [-0.1, -0.05) is 48.0 Å². The van der Waals surface area contributed by atoms with Gasteiger partial charge in [0.05, 0.1) is 12.1 Å². The van der Waals surface area contributed by atoms with E-state index in [0.717, 1.165) is 16.3 Å². The van der Waals surface area contributed by atoms with Gasteiger partial charge in [-0.3, -0.25) is 9.59 Å². The zero-order valence-corrected chi connectivity index (χ0v) is 19.4. The SMILES string of the molecule is Cc1ccc(OCc2nc(CC(=O)OCC(=O)N(Cc3ccccc3)C(C)C)cs2)cc1. The summed E-state index contributed by atoms with van der Waals surface area (Å²) in [5.41, 5.74) is 2.81. The highest BCUT2D eigenvalue weighted by Gasteiger charge is 2.19. The average molecular weight is 453 g/mol. The van der Waals surface area contributed by atoms with Gasteiger partial charge in [-0.15, -0.1) is 11.3 Å². The first-order valence-corrected chi connectivity index (χ1v) is 11.4. The lowest BCUT2D eigenvalue weighted by Crippen LogP contribution is -2.39. The summed E-state index contributed by atoms with van der Waals surface area (Å²) in [5.74, 6) is 0.0798. The molecule has 0 radical (unpaired) electrons. The summed E-state index contributed by atoms with van der Waals surface area (Å²) in [4.78, 5) is 31.0. The monoisotopic (exact) mass is 452 g/mol. The lowest BCUT2D eigenvalue weighted by molar-refractivity contribution is -0.152. The number of aryl methyl sites for hydroxylation is 1. The molecule has 168 valence electrons. The fourth-order valence-electron chi connectivity index (χ4n) is 3.04. The van der Waals surface area contributed by atoms with Gasteiger partial charge in [-0.25, -0.2) is 4.98 Å². The average Bonchev–Trinajstić information content (AvgIpc) is 3.23. The molecule has 0 bridgehead atoms. The van der Waals surface area contributed by atoms with Gasteiger partial charge >= 0.3 is 5.97 Å². The van der Waals surface area contributed by atoms with Crippen molar-refractivity contribution >= 4 is 23.2 Å². The summed E-state index contributed by atoms with van der Waals surface area (Å²) in [6.45, 7) is 6.44. The van der Waals surface area contributed by atoms with Crippen LogP contribution in [0.4, 0.5) is 0 Å². The van der Waals surface area contributed by atoms with E-state index < -0.39 is 5.97 Å².